The number of carbonyl (C=O) groups excluding carboxylic acids is 1. The van der Waals surface area contributed by atoms with Gasteiger partial charge in [0.2, 0.25) is 5.91 Å². The summed E-state index contributed by atoms with van der Waals surface area (Å²) in [6.45, 7) is 4.68. The number of phosphoric acid groups is 1. The molecule has 1 amide bonds. The first-order chi connectivity index (χ1) is 19.4. The van der Waals surface area contributed by atoms with Crippen LogP contribution in [0.25, 0.3) is 0 Å². The second-order valence-electron chi connectivity index (χ2n) is 11.3. The van der Waals surface area contributed by atoms with Crippen molar-refractivity contribution in [2.45, 2.75) is 167 Å². The van der Waals surface area contributed by atoms with Crippen LogP contribution in [-0.4, -0.2) is 47.3 Å². The molecule has 1 fully saturated rings. The average Bonchev–Trinajstić information content (AvgIpc) is 2.93. The topological polar surface area (TPSA) is 114 Å². The fourth-order valence-electron chi connectivity index (χ4n) is 4.99. The van der Waals surface area contributed by atoms with E-state index in [2.05, 4.69) is 25.2 Å². The van der Waals surface area contributed by atoms with E-state index in [1.54, 1.807) is 0 Å². The van der Waals surface area contributed by atoms with Gasteiger partial charge >= 0.3 is 7.82 Å². The van der Waals surface area contributed by atoms with Crippen molar-refractivity contribution in [2.24, 2.45) is 0 Å². The van der Waals surface area contributed by atoms with E-state index in [-0.39, 0.29) is 12.5 Å². The summed E-state index contributed by atoms with van der Waals surface area (Å²) < 4.78 is 28.3. The smallest absolute Gasteiger partial charge is 0.353 e. The number of carbonyl (C=O) groups is 1. The molecule has 0 aromatic rings. The number of allylic oxidation sites excluding steroid dienone is 1. The number of amides is 1. The summed E-state index contributed by atoms with van der Waals surface area (Å²) in [5.74, 6) is -0.160. The van der Waals surface area contributed by atoms with Crippen LogP contribution in [0.3, 0.4) is 0 Å². The number of hydrogen-bond donors (Lipinski definition) is 3. The highest BCUT2D eigenvalue weighted by Crippen LogP contribution is 2.36. The summed E-state index contributed by atoms with van der Waals surface area (Å²) in [5, 5.41) is 2.93. The maximum atomic E-state index is 12.7. The second kappa shape index (κ2) is 24.8. The lowest BCUT2D eigenvalue weighted by Gasteiger charge is -2.31. The van der Waals surface area contributed by atoms with E-state index < -0.39 is 26.3 Å². The highest BCUT2D eigenvalue weighted by Gasteiger charge is 2.29. The lowest BCUT2D eigenvalue weighted by atomic mass is 10.0. The second-order valence-corrected chi connectivity index (χ2v) is 12.5. The molecule has 1 heterocycles. The molecule has 9 heteroatoms. The highest BCUT2D eigenvalue weighted by molar-refractivity contribution is 7.46. The van der Waals surface area contributed by atoms with Gasteiger partial charge in [-0.15, -0.1) is 0 Å². The third-order valence-electron chi connectivity index (χ3n) is 7.42. The fourth-order valence-corrected chi connectivity index (χ4v) is 5.34. The standard InChI is InChI=1S/C31H60NO7P/c1-3-5-7-9-10-11-12-13-14-15-16-18-19-23-29(39-31-25-21-22-26-37-31)28(27-38-40(34,35)36)32-30(33)24-20-17-8-6-4-2/h19,23,28-29,31H,3-18,20-22,24-27H2,1-2H3,(H,32,33)(H2,34,35,36)/b23-19+/t28-,29+,31?/m0/s1. The molecule has 1 aliphatic heterocycles. The van der Waals surface area contributed by atoms with E-state index >= 15 is 0 Å². The zero-order valence-corrected chi connectivity index (χ0v) is 26.4. The van der Waals surface area contributed by atoms with Gasteiger partial charge in [-0.3, -0.25) is 9.32 Å². The van der Waals surface area contributed by atoms with Crippen molar-refractivity contribution in [2.75, 3.05) is 13.2 Å². The quantitative estimate of drug-likeness (QED) is 0.0530. The van der Waals surface area contributed by atoms with E-state index in [0.29, 0.717) is 13.0 Å². The van der Waals surface area contributed by atoms with Crippen LogP contribution in [-0.2, 0) is 23.4 Å². The van der Waals surface area contributed by atoms with Crippen molar-refractivity contribution in [1.82, 2.24) is 5.32 Å². The maximum absolute atomic E-state index is 12.7. The summed E-state index contributed by atoms with van der Waals surface area (Å²) in [6.07, 6.45) is 26.3. The van der Waals surface area contributed by atoms with Crippen LogP contribution >= 0.6 is 7.82 Å². The van der Waals surface area contributed by atoms with Crippen molar-refractivity contribution < 1.29 is 33.1 Å². The minimum atomic E-state index is -4.70. The molecule has 0 saturated carbocycles. The Morgan fingerprint density at radius 1 is 0.900 bits per heavy atom. The van der Waals surface area contributed by atoms with Gasteiger partial charge in [0.1, 0.15) is 6.10 Å². The summed E-state index contributed by atoms with van der Waals surface area (Å²) in [4.78, 5) is 31.4. The molecule has 0 aromatic carbocycles. The van der Waals surface area contributed by atoms with Gasteiger partial charge in [0.15, 0.2) is 6.29 Å². The van der Waals surface area contributed by atoms with E-state index in [1.807, 2.05) is 6.08 Å². The molecule has 1 saturated heterocycles. The van der Waals surface area contributed by atoms with E-state index in [9.17, 15) is 19.1 Å². The van der Waals surface area contributed by atoms with Crippen molar-refractivity contribution in [3.8, 4) is 0 Å². The molecular formula is C31H60NO7P. The Morgan fingerprint density at radius 3 is 2.02 bits per heavy atom. The minimum Gasteiger partial charge on any atom is -0.353 e. The van der Waals surface area contributed by atoms with E-state index in [1.165, 1.54) is 64.2 Å². The molecule has 1 unspecified atom stereocenters. The molecule has 0 bridgehead atoms. The van der Waals surface area contributed by atoms with Gasteiger partial charge in [-0.2, -0.15) is 0 Å². The van der Waals surface area contributed by atoms with E-state index in [4.69, 9.17) is 14.0 Å². The normalized spacial score (nSPS) is 17.8. The minimum absolute atomic E-state index is 0.160. The van der Waals surface area contributed by atoms with Gasteiger partial charge in [0.25, 0.3) is 0 Å². The summed E-state index contributed by atoms with van der Waals surface area (Å²) in [6, 6.07) is -0.727. The van der Waals surface area contributed by atoms with Crippen LogP contribution < -0.4 is 5.32 Å². The molecule has 0 radical (unpaired) electrons. The molecule has 0 spiro atoms. The third-order valence-corrected chi connectivity index (χ3v) is 7.90. The van der Waals surface area contributed by atoms with Crippen LogP contribution in [0.2, 0.25) is 0 Å². The monoisotopic (exact) mass is 589 g/mol. The zero-order valence-electron chi connectivity index (χ0n) is 25.5. The van der Waals surface area contributed by atoms with Gasteiger partial charge in [0.05, 0.1) is 12.6 Å². The van der Waals surface area contributed by atoms with Gasteiger partial charge < -0.3 is 24.6 Å². The zero-order chi connectivity index (χ0) is 29.3. The Kier molecular flexibility index (Phi) is 23.1. The Morgan fingerprint density at radius 2 is 1.48 bits per heavy atom. The first-order valence-corrected chi connectivity index (χ1v) is 17.8. The first-order valence-electron chi connectivity index (χ1n) is 16.3. The van der Waals surface area contributed by atoms with Crippen LogP contribution in [0.15, 0.2) is 12.2 Å². The van der Waals surface area contributed by atoms with Gasteiger partial charge in [0, 0.05) is 13.0 Å². The van der Waals surface area contributed by atoms with Gasteiger partial charge in [-0.1, -0.05) is 116 Å². The lowest BCUT2D eigenvalue weighted by molar-refractivity contribution is -0.185. The number of ether oxygens (including phenoxy) is 2. The Bertz CT molecular complexity index is 679. The third kappa shape index (κ3) is 21.9. The van der Waals surface area contributed by atoms with Crippen LogP contribution in [0.4, 0.5) is 0 Å². The molecule has 1 rings (SSSR count). The predicted octanol–water partition coefficient (Wildman–Crippen LogP) is 8.11. The highest BCUT2D eigenvalue weighted by atomic mass is 31.2. The number of nitrogens with one attached hydrogen (secondary N) is 1. The predicted molar refractivity (Wildman–Crippen MR) is 162 cm³/mol. The molecule has 40 heavy (non-hydrogen) atoms. The number of phosphoric ester groups is 1. The molecule has 236 valence electrons. The largest absolute Gasteiger partial charge is 0.469 e. The van der Waals surface area contributed by atoms with Crippen molar-refractivity contribution in [1.29, 1.82) is 0 Å². The summed E-state index contributed by atoms with van der Waals surface area (Å²) >= 11 is 0. The Labute approximate surface area is 244 Å². The summed E-state index contributed by atoms with van der Waals surface area (Å²) in [5.41, 5.74) is 0. The Balaban J connectivity index is 2.59. The molecular weight excluding hydrogens is 529 g/mol. The Hall–Kier alpha value is -0.760. The number of rotatable bonds is 26. The molecule has 0 aliphatic carbocycles. The number of unbranched alkanes of at least 4 members (excludes halogenated alkanes) is 15. The lowest BCUT2D eigenvalue weighted by Crippen LogP contribution is -2.48. The SMILES string of the molecule is CCCCCCCCCCCCC/C=C/[C@@H](OC1CCCCO1)[C@H](COP(=O)(O)O)NC(=O)CCCCCCC. The molecule has 0 aromatic heterocycles. The first kappa shape index (κ1) is 37.3. The van der Waals surface area contributed by atoms with Gasteiger partial charge in [-0.25, -0.2) is 4.57 Å². The summed E-state index contributed by atoms with van der Waals surface area (Å²) in [7, 11) is -4.70. The number of hydrogen-bond acceptors (Lipinski definition) is 5. The fraction of sp³-hybridized carbons (Fsp3) is 0.903. The van der Waals surface area contributed by atoms with Crippen molar-refractivity contribution in [3.05, 3.63) is 12.2 Å². The molecule has 1 aliphatic rings. The van der Waals surface area contributed by atoms with Gasteiger partial charge in [-0.05, 0) is 38.5 Å². The van der Waals surface area contributed by atoms with Crippen molar-refractivity contribution in [3.63, 3.8) is 0 Å². The molecule has 8 nitrogen and oxygen atoms in total. The van der Waals surface area contributed by atoms with E-state index in [0.717, 1.165) is 64.2 Å². The van der Waals surface area contributed by atoms with Crippen molar-refractivity contribution >= 4 is 13.7 Å². The maximum Gasteiger partial charge on any atom is 0.469 e. The van der Waals surface area contributed by atoms with Crippen LogP contribution in [0, 0.1) is 0 Å². The van der Waals surface area contributed by atoms with Crippen LogP contribution in [0.1, 0.15) is 149 Å². The molecule has 3 atom stereocenters. The van der Waals surface area contributed by atoms with Crippen LogP contribution in [0.5, 0.6) is 0 Å². The average molecular weight is 590 g/mol. The molecule has 3 N–H and O–H groups in total.